The van der Waals surface area contributed by atoms with Crippen molar-refractivity contribution in [3.63, 3.8) is 0 Å². The van der Waals surface area contributed by atoms with Gasteiger partial charge in [0.15, 0.2) is 0 Å². The second-order valence-corrected chi connectivity index (χ2v) is 5.40. The van der Waals surface area contributed by atoms with Crippen LogP contribution in [0.5, 0.6) is 0 Å². The maximum absolute atomic E-state index is 9.10. The molecule has 0 spiro atoms. The van der Waals surface area contributed by atoms with Crippen molar-refractivity contribution in [2.45, 2.75) is 26.7 Å². The third kappa shape index (κ3) is 2.50. The summed E-state index contributed by atoms with van der Waals surface area (Å²) >= 11 is 0. The topological polar surface area (TPSA) is 65.9 Å². The molecule has 1 aromatic rings. The van der Waals surface area contributed by atoms with Crippen LogP contribution in [0.4, 0.5) is 11.5 Å². The van der Waals surface area contributed by atoms with Gasteiger partial charge in [-0.3, -0.25) is 0 Å². The van der Waals surface area contributed by atoms with Crippen LogP contribution >= 0.6 is 0 Å². The van der Waals surface area contributed by atoms with E-state index in [4.69, 9.17) is 11.0 Å². The van der Waals surface area contributed by atoms with Crippen LogP contribution in [-0.2, 0) is 0 Å². The largest absolute Gasteiger partial charge is 0.397 e. The first kappa shape index (κ1) is 11.7. The molecule has 1 aliphatic heterocycles. The van der Waals surface area contributed by atoms with Crippen molar-refractivity contribution in [3.05, 3.63) is 17.8 Å². The summed E-state index contributed by atoms with van der Waals surface area (Å²) in [6.45, 7) is 6.48. The summed E-state index contributed by atoms with van der Waals surface area (Å²) < 4.78 is 0. The van der Waals surface area contributed by atoms with Crippen LogP contribution in [0, 0.1) is 16.7 Å². The fourth-order valence-corrected chi connectivity index (χ4v) is 2.13. The normalized spacial score (nSPS) is 18.8. The first-order valence-electron chi connectivity index (χ1n) is 5.92. The molecule has 0 aliphatic carbocycles. The lowest BCUT2D eigenvalue weighted by Crippen LogP contribution is -2.38. The first-order valence-corrected chi connectivity index (χ1v) is 5.92. The molecule has 0 atom stereocenters. The van der Waals surface area contributed by atoms with Gasteiger partial charge in [0, 0.05) is 13.1 Å². The number of hydrogen-bond donors (Lipinski definition) is 1. The lowest BCUT2D eigenvalue weighted by atomic mass is 9.82. The molecule has 4 heteroatoms. The van der Waals surface area contributed by atoms with Crippen LogP contribution in [0.3, 0.4) is 0 Å². The summed E-state index contributed by atoms with van der Waals surface area (Å²) in [7, 11) is 0. The smallest absolute Gasteiger partial charge is 0.146 e. The Morgan fingerprint density at radius 2 is 2.06 bits per heavy atom. The summed E-state index contributed by atoms with van der Waals surface area (Å²) in [5, 5.41) is 9.10. The Kier molecular flexibility index (Phi) is 2.93. The average molecular weight is 230 g/mol. The van der Waals surface area contributed by atoms with E-state index >= 15 is 0 Å². The Bertz CT molecular complexity index is 449. The van der Waals surface area contributed by atoms with E-state index < -0.39 is 0 Å². The maximum atomic E-state index is 9.10. The summed E-state index contributed by atoms with van der Waals surface area (Å²) in [5.74, 6) is 0.775. The Labute approximate surface area is 102 Å². The molecule has 0 amide bonds. The molecular weight excluding hydrogens is 212 g/mol. The molecule has 1 aromatic heterocycles. The monoisotopic (exact) mass is 230 g/mol. The molecule has 0 unspecified atom stereocenters. The molecule has 90 valence electrons. The number of nitrogens with two attached hydrogens (primary N) is 1. The number of nitriles is 1. The second-order valence-electron chi connectivity index (χ2n) is 5.40. The molecule has 0 saturated carbocycles. The van der Waals surface area contributed by atoms with Crippen molar-refractivity contribution in [3.8, 4) is 6.07 Å². The van der Waals surface area contributed by atoms with Gasteiger partial charge in [-0.2, -0.15) is 5.26 Å². The summed E-state index contributed by atoms with van der Waals surface area (Å²) in [6, 6.07) is 3.87. The molecule has 17 heavy (non-hydrogen) atoms. The minimum atomic E-state index is 0.400. The molecule has 2 N–H and O–H groups in total. The molecule has 4 nitrogen and oxygen atoms in total. The number of piperidine rings is 1. The van der Waals surface area contributed by atoms with Gasteiger partial charge in [-0.15, -0.1) is 0 Å². The fraction of sp³-hybridized carbons (Fsp3) is 0.538. The highest BCUT2D eigenvalue weighted by Gasteiger charge is 2.27. The number of aromatic nitrogens is 1. The third-order valence-corrected chi connectivity index (χ3v) is 3.42. The average Bonchev–Trinajstić information content (AvgIpc) is 2.29. The van der Waals surface area contributed by atoms with Crippen molar-refractivity contribution >= 4 is 11.5 Å². The summed E-state index contributed by atoms with van der Waals surface area (Å²) in [4.78, 5) is 6.48. The quantitative estimate of drug-likeness (QED) is 0.803. The SMILES string of the molecule is CC1(C)CCN(c2ncc(N)cc2C#N)CC1. The van der Waals surface area contributed by atoms with Crippen LogP contribution in [0.2, 0.25) is 0 Å². The van der Waals surface area contributed by atoms with E-state index in [9.17, 15) is 0 Å². The molecule has 2 rings (SSSR count). The predicted molar refractivity (Wildman–Crippen MR) is 68.6 cm³/mol. The van der Waals surface area contributed by atoms with Gasteiger partial charge in [0.2, 0.25) is 0 Å². The number of anilines is 2. The second kappa shape index (κ2) is 4.25. The van der Waals surface area contributed by atoms with Crippen molar-refractivity contribution in [1.29, 1.82) is 5.26 Å². The summed E-state index contributed by atoms with van der Waals surface area (Å²) in [6.07, 6.45) is 3.88. The minimum Gasteiger partial charge on any atom is -0.397 e. The zero-order valence-corrected chi connectivity index (χ0v) is 10.4. The van der Waals surface area contributed by atoms with E-state index in [0.717, 1.165) is 31.7 Å². The lowest BCUT2D eigenvalue weighted by Gasteiger charge is -2.37. The van der Waals surface area contributed by atoms with E-state index in [1.807, 2.05) is 0 Å². The molecule has 1 saturated heterocycles. The molecule has 0 bridgehead atoms. The van der Waals surface area contributed by atoms with Crippen LogP contribution in [0.25, 0.3) is 0 Å². The van der Waals surface area contributed by atoms with E-state index in [0.29, 0.717) is 16.7 Å². The van der Waals surface area contributed by atoms with E-state index in [2.05, 4.69) is 29.8 Å². The van der Waals surface area contributed by atoms with Gasteiger partial charge in [0.25, 0.3) is 0 Å². The minimum absolute atomic E-state index is 0.400. The maximum Gasteiger partial charge on any atom is 0.146 e. The highest BCUT2D eigenvalue weighted by molar-refractivity contribution is 5.59. The molecule has 1 aliphatic rings. The van der Waals surface area contributed by atoms with E-state index in [1.165, 1.54) is 0 Å². The van der Waals surface area contributed by atoms with Gasteiger partial charge < -0.3 is 10.6 Å². The number of pyridine rings is 1. The van der Waals surface area contributed by atoms with Crippen molar-refractivity contribution in [1.82, 2.24) is 4.98 Å². The Hall–Kier alpha value is -1.76. The highest BCUT2D eigenvalue weighted by Crippen LogP contribution is 2.32. The predicted octanol–water partition coefficient (Wildman–Crippen LogP) is 2.16. The third-order valence-electron chi connectivity index (χ3n) is 3.42. The Balaban J connectivity index is 2.22. The molecular formula is C13H18N4. The van der Waals surface area contributed by atoms with Crippen LogP contribution < -0.4 is 10.6 Å². The van der Waals surface area contributed by atoms with Gasteiger partial charge >= 0.3 is 0 Å². The zero-order chi connectivity index (χ0) is 12.5. The number of hydrogen-bond acceptors (Lipinski definition) is 4. The van der Waals surface area contributed by atoms with Gasteiger partial charge in [-0.05, 0) is 24.3 Å². The van der Waals surface area contributed by atoms with Crippen LogP contribution in [-0.4, -0.2) is 18.1 Å². The van der Waals surface area contributed by atoms with Gasteiger partial charge in [0.1, 0.15) is 11.9 Å². The zero-order valence-electron chi connectivity index (χ0n) is 10.4. The van der Waals surface area contributed by atoms with Gasteiger partial charge in [0.05, 0.1) is 17.4 Å². The van der Waals surface area contributed by atoms with Gasteiger partial charge in [-0.25, -0.2) is 4.98 Å². The van der Waals surface area contributed by atoms with E-state index in [-0.39, 0.29) is 0 Å². The van der Waals surface area contributed by atoms with E-state index in [1.54, 1.807) is 12.3 Å². The lowest BCUT2D eigenvalue weighted by molar-refractivity contribution is 0.279. The molecule has 0 aromatic carbocycles. The van der Waals surface area contributed by atoms with Crippen LogP contribution in [0.15, 0.2) is 12.3 Å². The molecule has 2 heterocycles. The van der Waals surface area contributed by atoms with Crippen LogP contribution in [0.1, 0.15) is 32.3 Å². The van der Waals surface area contributed by atoms with Crippen molar-refractivity contribution < 1.29 is 0 Å². The number of nitrogens with zero attached hydrogens (tertiary/aromatic N) is 3. The highest BCUT2D eigenvalue weighted by atomic mass is 15.2. The Morgan fingerprint density at radius 3 is 2.65 bits per heavy atom. The fourth-order valence-electron chi connectivity index (χ4n) is 2.13. The molecule has 1 fully saturated rings. The first-order chi connectivity index (χ1) is 8.02. The van der Waals surface area contributed by atoms with Crippen molar-refractivity contribution in [2.75, 3.05) is 23.7 Å². The standard InChI is InChI=1S/C13H18N4/c1-13(2)3-5-17(6-4-13)12-10(8-14)7-11(15)9-16-12/h7,9H,3-6,15H2,1-2H3. The number of rotatable bonds is 1. The summed E-state index contributed by atoms with van der Waals surface area (Å²) in [5.41, 5.74) is 7.16. The van der Waals surface area contributed by atoms with Gasteiger partial charge in [-0.1, -0.05) is 13.8 Å². The Morgan fingerprint density at radius 1 is 1.41 bits per heavy atom. The number of nitrogen functional groups attached to an aromatic ring is 1. The van der Waals surface area contributed by atoms with Crippen molar-refractivity contribution in [2.24, 2.45) is 5.41 Å². The molecule has 0 radical (unpaired) electrons.